The lowest BCUT2D eigenvalue weighted by Gasteiger charge is -2.16. The molecule has 1 amide bonds. The van der Waals surface area contributed by atoms with Crippen molar-refractivity contribution in [3.05, 3.63) is 40.8 Å². The molecule has 1 fully saturated rings. The molecule has 0 unspecified atom stereocenters. The summed E-state index contributed by atoms with van der Waals surface area (Å²) in [6, 6.07) is 3.69. The van der Waals surface area contributed by atoms with Gasteiger partial charge in [0.05, 0.1) is 6.33 Å². The smallest absolute Gasteiger partial charge is 0.263 e. The van der Waals surface area contributed by atoms with Crippen molar-refractivity contribution in [3.63, 3.8) is 0 Å². The van der Waals surface area contributed by atoms with Crippen LogP contribution in [0.2, 0.25) is 5.28 Å². The highest BCUT2D eigenvalue weighted by Crippen LogP contribution is 2.33. The first-order valence-corrected chi connectivity index (χ1v) is 11.3. The van der Waals surface area contributed by atoms with E-state index in [1.54, 1.807) is 6.07 Å². The molecule has 13 nitrogen and oxygen atoms in total. The molecule has 4 atom stereocenters. The maximum absolute atomic E-state index is 12.0. The Bertz CT molecular complexity index is 1500. The molecule has 5 rings (SSSR count). The van der Waals surface area contributed by atoms with Crippen LogP contribution in [-0.4, -0.2) is 71.8 Å². The molecule has 1 aromatic carbocycles. The first kappa shape index (κ1) is 24.1. The van der Waals surface area contributed by atoms with E-state index < -0.39 is 30.4 Å². The van der Waals surface area contributed by atoms with Crippen LogP contribution in [0.4, 0.5) is 5.82 Å². The minimum atomic E-state index is -1.44. The first-order valence-electron chi connectivity index (χ1n) is 11.0. The normalized spacial score (nSPS) is 21.8. The van der Waals surface area contributed by atoms with Crippen molar-refractivity contribution in [2.24, 2.45) is 0 Å². The Morgan fingerprint density at radius 3 is 2.69 bits per heavy atom. The summed E-state index contributed by atoms with van der Waals surface area (Å²) in [6.45, 7) is 3.56. The van der Waals surface area contributed by atoms with Crippen LogP contribution in [0.25, 0.3) is 22.3 Å². The van der Waals surface area contributed by atoms with E-state index in [4.69, 9.17) is 20.8 Å². The largest absolute Gasteiger partial charge is 0.433 e. The number of Topliss-reactive ketones (excluding diaryl/α,β-unsaturated/α-hetero) is 1. The number of ketones is 1. The predicted octanol–water partition coefficient (Wildman–Crippen LogP) is 1.11. The van der Waals surface area contributed by atoms with E-state index in [1.807, 2.05) is 13.0 Å². The summed E-state index contributed by atoms with van der Waals surface area (Å²) in [5.41, 5.74) is 3.34. The van der Waals surface area contributed by atoms with Gasteiger partial charge in [-0.15, -0.1) is 0 Å². The average Bonchev–Trinajstić information content (AvgIpc) is 3.54. The summed E-state index contributed by atoms with van der Waals surface area (Å²) in [7, 11) is 1.40. The average molecular weight is 516 g/mol. The fourth-order valence-corrected chi connectivity index (χ4v) is 4.32. The van der Waals surface area contributed by atoms with Crippen molar-refractivity contribution in [2.75, 3.05) is 12.4 Å². The number of carbonyl (C=O) groups is 2. The monoisotopic (exact) mass is 515 g/mol. The van der Waals surface area contributed by atoms with E-state index in [-0.39, 0.29) is 22.6 Å². The van der Waals surface area contributed by atoms with E-state index in [2.05, 4.69) is 30.6 Å². The van der Waals surface area contributed by atoms with Crippen LogP contribution >= 0.6 is 11.6 Å². The number of halogens is 1. The van der Waals surface area contributed by atoms with E-state index in [1.165, 1.54) is 24.9 Å². The molecule has 36 heavy (non-hydrogen) atoms. The summed E-state index contributed by atoms with van der Waals surface area (Å²) in [4.78, 5) is 40.6. The summed E-state index contributed by atoms with van der Waals surface area (Å²) >= 11 is 6.17. The maximum atomic E-state index is 12.0. The number of aromatic nitrogens is 5. The Morgan fingerprint density at radius 1 is 1.19 bits per heavy atom. The highest BCUT2D eigenvalue weighted by Gasteiger charge is 2.47. The number of ether oxygens (including phenoxy) is 1. The van der Waals surface area contributed by atoms with Crippen molar-refractivity contribution in [2.45, 2.75) is 44.9 Å². The molecule has 0 aliphatic carbocycles. The Labute approximate surface area is 208 Å². The lowest BCUT2D eigenvalue weighted by atomic mass is 10.1. The van der Waals surface area contributed by atoms with E-state index in [0.717, 1.165) is 11.1 Å². The van der Waals surface area contributed by atoms with Crippen LogP contribution in [0.5, 0.6) is 0 Å². The molecule has 1 saturated heterocycles. The van der Waals surface area contributed by atoms with Gasteiger partial charge in [0.2, 0.25) is 11.1 Å². The Morgan fingerprint density at radius 2 is 1.97 bits per heavy atom. The van der Waals surface area contributed by atoms with Gasteiger partial charge in [-0.1, -0.05) is 6.07 Å². The number of hydrogen-bond donors (Lipinski definition) is 4. The molecule has 0 bridgehead atoms. The van der Waals surface area contributed by atoms with Crippen molar-refractivity contribution in [1.29, 1.82) is 0 Å². The predicted molar refractivity (Wildman–Crippen MR) is 126 cm³/mol. The fraction of sp³-hybridized carbons (Fsp3) is 0.364. The zero-order valence-corrected chi connectivity index (χ0v) is 20.1. The summed E-state index contributed by atoms with van der Waals surface area (Å²) in [5, 5.41) is 26.3. The number of anilines is 1. The number of oxazole rings is 1. The number of nitrogens with zero attached hydrogens (tertiary/aromatic N) is 5. The molecule has 1 aliphatic heterocycles. The maximum Gasteiger partial charge on any atom is 0.263 e. The van der Waals surface area contributed by atoms with E-state index >= 15 is 0 Å². The minimum Gasteiger partial charge on any atom is -0.433 e. The molecule has 4 heterocycles. The lowest BCUT2D eigenvalue weighted by Crippen LogP contribution is -2.41. The third kappa shape index (κ3) is 4.05. The topological polar surface area (TPSA) is 178 Å². The molecular formula is C22H22ClN7O6. The number of aliphatic hydroxyl groups excluding tert-OH is 2. The Kier molecular flexibility index (Phi) is 6.08. The second-order valence-electron chi connectivity index (χ2n) is 8.40. The van der Waals surface area contributed by atoms with Gasteiger partial charge in [0.25, 0.3) is 11.8 Å². The van der Waals surface area contributed by atoms with Gasteiger partial charge in [0, 0.05) is 20.5 Å². The number of rotatable bonds is 6. The molecule has 1 aliphatic rings. The first-order chi connectivity index (χ1) is 17.2. The molecule has 0 saturated carbocycles. The van der Waals surface area contributed by atoms with Crippen LogP contribution < -0.4 is 10.6 Å². The van der Waals surface area contributed by atoms with Gasteiger partial charge < -0.3 is 30.0 Å². The molecule has 3 aromatic heterocycles. The van der Waals surface area contributed by atoms with Crippen LogP contribution in [-0.2, 0) is 16.1 Å². The van der Waals surface area contributed by atoms with Crippen molar-refractivity contribution in [3.8, 4) is 0 Å². The zero-order valence-electron chi connectivity index (χ0n) is 19.4. The molecule has 188 valence electrons. The summed E-state index contributed by atoms with van der Waals surface area (Å²) in [5.74, 6) is -0.460. The van der Waals surface area contributed by atoms with Crippen LogP contribution in [0, 0.1) is 6.92 Å². The number of aliphatic hydroxyl groups is 2. The number of likely N-dealkylation sites (N-methyl/N-ethyl adjacent to an activating group) is 1. The highest BCUT2D eigenvalue weighted by molar-refractivity contribution is 6.28. The number of amides is 1. The number of imidazole rings is 1. The standard InChI is InChI=1S/C22H22ClN7O6/c1-8-4-10(5-11-15(8)35-20(27-11)9(2)31)6-25-17-12-18(29-22(23)28-17)30(7-26-12)21-14(33)13(32)16(36-21)19(34)24-3/h4-5,7,13-14,16,21,32-33H,6H2,1-3H3,(H,24,34)(H,25,28,29)/t13-,14+,16-,21+/m0/s1. The summed E-state index contributed by atoms with van der Waals surface area (Å²) in [6.07, 6.45) is -3.88. The van der Waals surface area contributed by atoms with E-state index in [0.29, 0.717) is 29.0 Å². The van der Waals surface area contributed by atoms with Crippen LogP contribution in [0.3, 0.4) is 0 Å². The number of nitrogens with one attached hydrogen (secondary N) is 2. The second-order valence-corrected chi connectivity index (χ2v) is 8.74. The van der Waals surface area contributed by atoms with E-state index in [9.17, 15) is 19.8 Å². The van der Waals surface area contributed by atoms with Crippen molar-refractivity contribution < 1.29 is 29.0 Å². The summed E-state index contributed by atoms with van der Waals surface area (Å²) < 4.78 is 12.6. The van der Waals surface area contributed by atoms with Gasteiger partial charge in [-0.25, -0.2) is 9.97 Å². The number of aryl methyl sites for hydroxylation is 1. The van der Waals surface area contributed by atoms with Gasteiger partial charge in [-0.05, 0) is 35.7 Å². The molecule has 4 aromatic rings. The van der Waals surface area contributed by atoms with Crippen molar-refractivity contribution in [1.82, 2.24) is 29.8 Å². The third-order valence-electron chi connectivity index (χ3n) is 5.91. The van der Waals surface area contributed by atoms with Gasteiger partial charge in [0.15, 0.2) is 34.9 Å². The number of benzene rings is 1. The molecule has 0 radical (unpaired) electrons. The Hall–Kier alpha value is -3.65. The number of hydrogen-bond acceptors (Lipinski definition) is 11. The quantitative estimate of drug-likeness (QED) is 0.213. The molecule has 4 N–H and O–H groups in total. The molecule has 14 heteroatoms. The fourth-order valence-electron chi connectivity index (χ4n) is 4.16. The van der Waals surface area contributed by atoms with Crippen LogP contribution in [0.1, 0.15) is 35.0 Å². The zero-order chi connectivity index (χ0) is 25.7. The molecule has 0 spiro atoms. The third-order valence-corrected chi connectivity index (χ3v) is 6.08. The number of carbonyl (C=O) groups excluding carboxylic acids is 2. The minimum absolute atomic E-state index is 0.0492. The van der Waals surface area contributed by atoms with Crippen LogP contribution in [0.15, 0.2) is 22.9 Å². The van der Waals surface area contributed by atoms with Gasteiger partial charge in [-0.3, -0.25) is 14.2 Å². The van der Waals surface area contributed by atoms with Crippen molar-refractivity contribution >= 4 is 51.4 Å². The van der Waals surface area contributed by atoms with Gasteiger partial charge in [0.1, 0.15) is 17.7 Å². The second kappa shape index (κ2) is 9.09. The SMILES string of the molecule is CNC(=O)[C@H]1O[C@@H](n2cnc3c(NCc4cc(C)c5oc(C(C)=O)nc5c4)nc(Cl)nc32)[C@H](O)[C@@H]1O. The highest BCUT2D eigenvalue weighted by atomic mass is 35.5. The van der Waals surface area contributed by atoms with Gasteiger partial charge in [-0.2, -0.15) is 9.97 Å². The van der Waals surface area contributed by atoms with Gasteiger partial charge >= 0.3 is 0 Å². The number of fused-ring (bicyclic) bond motifs is 2. The molecular weight excluding hydrogens is 494 g/mol. The Balaban J connectivity index is 1.44. The lowest BCUT2D eigenvalue weighted by molar-refractivity contribution is -0.137.